The third kappa shape index (κ3) is 2.16. The van der Waals surface area contributed by atoms with E-state index >= 15 is 0 Å². The lowest BCUT2D eigenvalue weighted by molar-refractivity contribution is 0.0805. The van der Waals surface area contributed by atoms with Crippen LogP contribution in [0.15, 0.2) is 31.1 Å². The molecule has 0 aliphatic heterocycles. The van der Waals surface area contributed by atoms with Gasteiger partial charge in [0.1, 0.15) is 0 Å². The van der Waals surface area contributed by atoms with Gasteiger partial charge in [0.2, 0.25) is 0 Å². The third-order valence-corrected chi connectivity index (χ3v) is 1.75. The van der Waals surface area contributed by atoms with Crippen LogP contribution >= 0.6 is 0 Å². The number of hydrogen-bond donors (Lipinski definition) is 0. The van der Waals surface area contributed by atoms with Gasteiger partial charge in [0.15, 0.2) is 5.82 Å². The predicted octanol–water partition coefficient (Wildman–Crippen LogP) is 1.48. The standard InChI is InChI=1S/C10H11FN2O/c1-3-6-13(2)10(14)8-4-5-12-7-9(8)11/h3-5,7H,1,6H2,2H3. The van der Waals surface area contributed by atoms with Crippen LogP contribution in [0.4, 0.5) is 4.39 Å². The fourth-order valence-corrected chi connectivity index (χ4v) is 1.03. The van der Waals surface area contributed by atoms with Crippen molar-refractivity contribution in [3.05, 3.63) is 42.5 Å². The minimum atomic E-state index is -0.603. The van der Waals surface area contributed by atoms with Gasteiger partial charge < -0.3 is 4.90 Å². The Bertz CT molecular complexity index is 352. The van der Waals surface area contributed by atoms with Gasteiger partial charge in [-0.1, -0.05) is 6.08 Å². The van der Waals surface area contributed by atoms with Gasteiger partial charge in [-0.25, -0.2) is 4.39 Å². The van der Waals surface area contributed by atoms with E-state index in [2.05, 4.69) is 11.6 Å². The molecule has 0 saturated heterocycles. The summed E-state index contributed by atoms with van der Waals surface area (Å²) in [6, 6.07) is 1.36. The van der Waals surface area contributed by atoms with E-state index in [0.29, 0.717) is 6.54 Å². The molecule has 1 aromatic heterocycles. The molecule has 4 heteroatoms. The van der Waals surface area contributed by atoms with Crippen LogP contribution in [0.25, 0.3) is 0 Å². The smallest absolute Gasteiger partial charge is 0.256 e. The lowest BCUT2D eigenvalue weighted by Gasteiger charge is -2.14. The molecule has 0 unspecified atom stereocenters. The first-order chi connectivity index (χ1) is 6.66. The van der Waals surface area contributed by atoms with Crippen molar-refractivity contribution in [2.75, 3.05) is 13.6 Å². The van der Waals surface area contributed by atoms with Crippen molar-refractivity contribution >= 4 is 5.91 Å². The average Bonchev–Trinajstić information content (AvgIpc) is 2.18. The fourth-order valence-electron chi connectivity index (χ4n) is 1.03. The molecule has 0 bridgehead atoms. The molecule has 1 heterocycles. The molecule has 0 aliphatic carbocycles. The normalized spacial score (nSPS) is 9.57. The molecule has 0 spiro atoms. The second-order valence-corrected chi connectivity index (χ2v) is 2.83. The highest BCUT2D eigenvalue weighted by molar-refractivity contribution is 5.94. The number of rotatable bonds is 3. The number of aromatic nitrogens is 1. The van der Waals surface area contributed by atoms with Crippen molar-refractivity contribution in [1.82, 2.24) is 9.88 Å². The molecule has 0 N–H and O–H groups in total. The molecule has 0 aromatic carbocycles. The Balaban J connectivity index is 2.89. The van der Waals surface area contributed by atoms with E-state index in [-0.39, 0.29) is 11.5 Å². The number of pyridine rings is 1. The Morgan fingerprint density at radius 3 is 3.07 bits per heavy atom. The molecule has 1 aromatic rings. The number of carbonyl (C=O) groups excluding carboxylic acids is 1. The van der Waals surface area contributed by atoms with Gasteiger partial charge in [0.25, 0.3) is 5.91 Å². The lowest BCUT2D eigenvalue weighted by atomic mass is 10.2. The third-order valence-electron chi connectivity index (χ3n) is 1.75. The number of nitrogens with zero attached hydrogens (tertiary/aromatic N) is 2. The molecule has 0 aliphatic rings. The summed E-state index contributed by atoms with van der Waals surface area (Å²) in [4.78, 5) is 16.5. The molecule has 1 amide bonds. The number of halogens is 1. The van der Waals surface area contributed by atoms with Gasteiger partial charge >= 0.3 is 0 Å². The summed E-state index contributed by atoms with van der Waals surface area (Å²) >= 11 is 0. The van der Waals surface area contributed by atoms with E-state index in [9.17, 15) is 9.18 Å². The van der Waals surface area contributed by atoms with E-state index in [1.54, 1.807) is 13.1 Å². The zero-order valence-electron chi connectivity index (χ0n) is 7.90. The fraction of sp³-hybridized carbons (Fsp3) is 0.200. The molecule has 74 valence electrons. The molecule has 0 saturated carbocycles. The van der Waals surface area contributed by atoms with Crippen molar-refractivity contribution in [2.45, 2.75) is 0 Å². The summed E-state index contributed by atoms with van der Waals surface area (Å²) in [6.45, 7) is 3.89. The van der Waals surface area contributed by atoms with Crippen LogP contribution in [0.3, 0.4) is 0 Å². The van der Waals surface area contributed by atoms with Crippen molar-refractivity contribution < 1.29 is 9.18 Å². The molecule has 1 rings (SSSR count). The first-order valence-electron chi connectivity index (χ1n) is 4.12. The zero-order chi connectivity index (χ0) is 10.6. The van der Waals surface area contributed by atoms with Crippen LogP contribution in [0.1, 0.15) is 10.4 Å². The van der Waals surface area contributed by atoms with Crippen molar-refractivity contribution in [3.8, 4) is 0 Å². The summed E-state index contributed by atoms with van der Waals surface area (Å²) in [5, 5.41) is 0. The first-order valence-corrected chi connectivity index (χ1v) is 4.12. The number of carbonyl (C=O) groups is 1. The average molecular weight is 194 g/mol. The van der Waals surface area contributed by atoms with E-state index in [1.165, 1.54) is 17.2 Å². The van der Waals surface area contributed by atoms with Gasteiger partial charge in [0.05, 0.1) is 11.8 Å². The molecule has 0 radical (unpaired) electrons. The van der Waals surface area contributed by atoms with Crippen LogP contribution in [0.2, 0.25) is 0 Å². The van der Waals surface area contributed by atoms with Crippen LogP contribution in [-0.2, 0) is 0 Å². The van der Waals surface area contributed by atoms with Gasteiger partial charge in [-0.05, 0) is 6.07 Å². The van der Waals surface area contributed by atoms with Crippen LogP contribution in [0.5, 0.6) is 0 Å². The molecular weight excluding hydrogens is 183 g/mol. The Morgan fingerprint density at radius 2 is 2.50 bits per heavy atom. The Labute approximate surface area is 81.9 Å². The number of hydrogen-bond acceptors (Lipinski definition) is 2. The van der Waals surface area contributed by atoms with Gasteiger partial charge in [-0.3, -0.25) is 9.78 Å². The van der Waals surface area contributed by atoms with Crippen LogP contribution in [0, 0.1) is 5.82 Å². The summed E-state index contributed by atoms with van der Waals surface area (Å²) in [5.74, 6) is -0.974. The van der Waals surface area contributed by atoms with E-state index < -0.39 is 5.82 Å². The molecule has 0 atom stereocenters. The van der Waals surface area contributed by atoms with Crippen molar-refractivity contribution in [3.63, 3.8) is 0 Å². The molecule has 3 nitrogen and oxygen atoms in total. The van der Waals surface area contributed by atoms with Crippen LogP contribution in [-0.4, -0.2) is 29.4 Å². The highest BCUT2D eigenvalue weighted by Gasteiger charge is 2.14. The Morgan fingerprint density at radius 1 is 1.79 bits per heavy atom. The quantitative estimate of drug-likeness (QED) is 0.683. The van der Waals surface area contributed by atoms with Gasteiger partial charge in [0, 0.05) is 19.8 Å². The van der Waals surface area contributed by atoms with E-state index in [0.717, 1.165) is 6.20 Å². The maximum Gasteiger partial charge on any atom is 0.256 e. The maximum absolute atomic E-state index is 13.1. The highest BCUT2D eigenvalue weighted by Crippen LogP contribution is 2.07. The minimum Gasteiger partial charge on any atom is -0.338 e. The summed E-state index contributed by atoms with van der Waals surface area (Å²) in [7, 11) is 1.59. The SMILES string of the molecule is C=CCN(C)C(=O)c1ccncc1F. The predicted molar refractivity (Wildman–Crippen MR) is 51.4 cm³/mol. The minimum absolute atomic E-state index is 0.0318. The second kappa shape index (κ2) is 4.50. The number of amides is 1. The lowest BCUT2D eigenvalue weighted by Crippen LogP contribution is -2.27. The summed E-state index contributed by atoms with van der Waals surface area (Å²) in [5.41, 5.74) is 0.0318. The molecule has 0 fully saturated rings. The van der Waals surface area contributed by atoms with Gasteiger partial charge in [-0.15, -0.1) is 6.58 Å². The van der Waals surface area contributed by atoms with Crippen molar-refractivity contribution in [2.24, 2.45) is 0 Å². The molecular formula is C10H11FN2O. The summed E-state index contributed by atoms with van der Waals surface area (Å²) < 4.78 is 13.1. The highest BCUT2D eigenvalue weighted by atomic mass is 19.1. The van der Waals surface area contributed by atoms with E-state index in [4.69, 9.17) is 0 Å². The van der Waals surface area contributed by atoms with Crippen LogP contribution < -0.4 is 0 Å². The number of likely N-dealkylation sites (N-methyl/N-ethyl adjacent to an activating group) is 1. The van der Waals surface area contributed by atoms with Gasteiger partial charge in [-0.2, -0.15) is 0 Å². The maximum atomic E-state index is 13.1. The largest absolute Gasteiger partial charge is 0.338 e. The first kappa shape index (κ1) is 10.4. The Hall–Kier alpha value is -1.71. The topological polar surface area (TPSA) is 33.2 Å². The Kier molecular flexibility index (Phi) is 3.34. The van der Waals surface area contributed by atoms with Crippen molar-refractivity contribution in [1.29, 1.82) is 0 Å². The molecule has 14 heavy (non-hydrogen) atoms. The summed E-state index contributed by atoms with van der Waals surface area (Å²) in [6.07, 6.45) is 3.99. The second-order valence-electron chi connectivity index (χ2n) is 2.83. The monoisotopic (exact) mass is 194 g/mol. The zero-order valence-corrected chi connectivity index (χ0v) is 7.90. The van der Waals surface area contributed by atoms with E-state index in [1.807, 2.05) is 0 Å².